The minimum atomic E-state index is -0.820. The molecule has 1 fully saturated rings. The van der Waals surface area contributed by atoms with Gasteiger partial charge in [-0.3, -0.25) is 0 Å². The Kier molecular flexibility index (Phi) is 3.74. The summed E-state index contributed by atoms with van der Waals surface area (Å²) in [6.45, 7) is 5.08. The second-order valence-corrected chi connectivity index (χ2v) is 4.70. The Morgan fingerprint density at radius 3 is 2.75 bits per heavy atom. The molecule has 0 spiro atoms. The van der Waals surface area contributed by atoms with Crippen LogP contribution in [0.5, 0.6) is 0 Å². The number of aliphatic hydroxyl groups is 1. The molecule has 6 nitrogen and oxygen atoms in total. The zero-order valence-corrected chi connectivity index (χ0v) is 9.65. The van der Waals surface area contributed by atoms with E-state index in [1.807, 2.05) is 0 Å². The zero-order valence-electron chi connectivity index (χ0n) is 9.65. The summed E-state index contributed by atoms with van der Waals surface area (Å²) in [5, 5.41) is 11.4. The standard InChI is InChI=1S/C10H17NO5/c1-10(2,3)16-9(14)11-7-6(4-12)5-15-8(7)13/h6-7,12H,4-5H2,1-3H3,(H,11,14)/t6-,7-/m1/s1. The van der Waals surface area contributed by atoms with Gasteiger partial charge in [-0.15, -0.1) is 0 Å². The quantitative estimate of drug-likeness (QED) is 0.656. The van der Waals surface area contributed by atoms with Gasteiger partial charge in [0.2, 0.25) is 0 Å². The number of esters is 1. The summed E-state index contributed by atoms with van der Waals surface area (Å²) in [6.07, 6.45) is -0.685. The van der Waals surface area contributed by atoms with Gasteiger partial charge in [0.15, 0.2) is 0 Å². The molecule has 6 heteroatoms. The summed E-state index contributed by atoms with van der Waals surface area (Å²) in [6, 6.07) is -0.820. The van der Waals surface area contributed by atoms with E-state index in [1.165, 1.54) is 0 Å². The van der Waals surface area contributed by atoms with Crippen molar-refractivity contribution in [1.82, 2.24) is 5.32 Å². The molecule has 16 heavy (non-hydrogen) atoms. The zero-order chi connectivity index (χ0) is 12.3. The predicted octanol–water partition coefficient (Wildman–Crippen LogP) is 0.0450. The highest BCUT2D eigenvalue weighted by Gasteiger charge is 2.38. The maximum Gasteiger partial charge on any atom is 0.408 e. The largest absolute Gasteiger partial charge is 0.464 e. The van der Waals surface area contributed by atoms with Gasteiger partial charge in [0, 0.05) is 5.92 Å². The highest BCUT2D eigenvalue weighted by atomic mass is 16.6. The Morgan fingerprint density at radius 2 is 2.25 bits per heavy atom. The number of carbonyl (C=O) groups excluding carboxylic acids is 2. The Morgan fingerprint density at radius 1 is 1.62 bits per heavy atom. The lowest BCUT2D eigenvalue weighted by atomic mass is 10.1. The summed E-state index contributed by atoms with van der Waals surface area (Å²) >= 11 is 0. The third-order valence-corrected chi connectivity index (χ3v) is 2.07. The van der Waals surface area contributed by atoms with Crippen molar-refractivity contribution in [2.45, 2.75) is 32.4 Å². The van der Waals surface area contributed by atoms with Gasteiger partial charge in [0.05, 0.1) is 13.2 Å². The summed E-state index contributed by atoms with van der Waals surface area (Å²) in [4.78, 5) is 22.6. The van der Waals surface area contributed by atoms with Crippen LogP contribution in [-0.4, -0.2) is 42.0 Å². The summed E-state index contributed by atoms with van der Waals surface area (Å²) in [5.41, 5.74) is -0.624. The molecule has 0 aromatic rings. The SMILES string of the molecule is CC(C)(C)OC(=O)N[C@H]1C(=O)OC[C@H]1CO. The van der Waals surface area contributed by atoms with Gasteiger partial charge in [-0.1, -0.05) is 0 Å². The van der Waals surface area contributed by atoms with Crippen molar-refractivity contribution in [3.05, 3.63) is 0 Å². The lowest BCUT2D eigenvalue weighted by molar-refractivity contribution is -0.139. The van der Waals surface area contributed by atoms with Crippen molar-refractivity contribution >= 4 is 12.1 Å². The molecule has 0 aromatic carbocycles. The van der Waals surface area contributed by atoms with E-state index in [0.717, 1.165) is 0 Å². The maximum atomic E-state index is 11.4. The van der Waals surface area contributed by atoms with Crippen molar-refractivity contribution in [3.63, 3.8) is 0 Å². The van der Waals surface area contributed by atoms with Crippen LogP contribution in [0.2, 0.25) is 0 Å². The fourth-order valence-electron chi connectivity index (χ4n) is 1.34. The van der Waals surface area contributed by atoms with Crippen LogP contribution in [0.3, 0.4) is 0 Å². The molecule has 1 heterocycles. The van der Waals surface area contributed by atoms with E-state index in [9.17, 15) is 9.59 Å². The maximum absolute atomic E-state index is 11.4. The van der Waals surface area contributed by atoms with Gasteiger partial charge >= 0.3 is 12.1 Å². The molecule has 0 saturated carbocycles. The molecule has 0 unspecified atom stereocenters. The fraction of sp³-hybridized carbons (Fsp3) is 0.800. The first-order chi connectivity index (χ1) is 7.33. The van der Waals surface area contributed by atoms with Crippen LogP contribution >= 0.6 is 0 Å². The fourth-order valence-corrected chi connectivity index (χ4v) is 1.34. The van der Waals surface area contributed by atoms with Gasteiger partial charge in [-0.25, -0.2) is 9.59 Å². The van der Waals surface area contributed by atoms with Gasteiger partial charge in [0.25, 0.3) is 0 Å². The molecule has 1 amide bonds. The Labute approximate surface area is 93.9 Å². The van der Waals surface area contributed by atoms with Crippen molar-refractivity contribution < 1.29 is 24.2 Å². The molecule has 2 atom stereocenters. The molecular formula is C10H17NO5. The van der Waals surface area contributed by atoms with Crippen LogP contribution in [0.15, 0.2) is 0 Å². The number of aliphatic hydroxyl groups excluding tert-OH is 1. The van der Waals surface area contributed by atoms with Gasteiger partial charge in [-0.05, 0) is 20.8 Å². The number of ether oxygens (including phenoxy) is 2. The normalized spacial score (nSPS) is 25.1. The predicted molar refractivity (Wildman–Crippen MR) is 54.7 cm³/mol. The van der Waals surface area contributed by atoms with E-state index in [-0.39, 0.29) is 13.2 Å². The van der Waals surface area contributed by atoms with Gasteiger partial charge in [0.1, 0.15) is 11.6 Å². The third kappa shape index (κ3) is 3.37. The third-order valence-electron chi connectivity index (χ3n) is 2.07. The van der Waals surface area contributed by atoms with Gasteiger partial charge in [-0.2, -0.15) is 0 Å². The van der Waals surface area contributed by atoms with E-state index >= 15 is 0 Å². The topological polar surface area (TPSA) is 84.9 Å². The first kappa shape index (κ1) is 12.8. The van der Waals surface area contributed by atoms with Crippen molar-refractivity contribution in [3.8, 4) is 0 Å². The van der Waals surface area contributed by atoms with E-state index in [4.69, 9.17) is 14.6 Å². The molecular weight excluding hydrogens is 214 g/mol. The number of carbonyl (C=O) groups is 2. The second-order valence-electron chi connectivity index (χ2n) is 4.70. The lowest BCUT2D eigenvalue weighted by Gasteiger charge is -2.22. The number of hydrogen-bond donors (Lipinski definition) is 2. The van der Waals surface area contributed by atoms with Crippen LogP contribution in [0.4, 0.5) is 4.79 Å². The molecule has 0 radical (unpaired) electrons. The number of rotatable bonds is 2. The first-order valence-corrected chi connectivity index (χ1v) is 5.10. The smallest absolute Gasteiger partial charge is 0.408 e. The van der Waals surface area contributed by atoms with E-state index < -0.39 is 29.6 Å². The lowest BCUT2D eigenvalue weighted by Crippen LogP contribution is -2.45. The molecule has 1 rings (SSSR count). The minimum absolute atomic E-state index is 0.121. The van der Waals surface area contributed by atoms with Crippen LogP contribution in [-0.2, 0) is 14.3 Å². The van der Waals surface area contributed by atoms with Crippen LogP contribution in [0.1, 0.15) is 20.8 Å². The van der Waals surface area contributed by atoms with Crippen LogP contribution < -0.4 is 5.32 Å². The van der Waals surface area contributed by atoms with Crippen LogP contribution in [0, 0.1) is 5.92 Å². The number of alkyl carbamates (subject to hydrolysis) is 1. The molecule has 1 aliphatic rings. The summed E-state index contributed by atoms with van der Waals surface area (Å²) in [5.74, 6) is -0.940. The number of amides is 1. The number of cyclic esters (lactones) is 1. The number of nitrogens with one attached hydrogen (secondary N) is 1. The Balaban J connectivity index is 2.52. The monoisotopic (exact) mass is 231 g/mol. The molecule has 2 N–H and O–H groups in total. The number of hydrogen-bond acceptors (Lipinski definition) is 5. The summed E-state index contributed by atoms with van der Waals surface area (Å²) < 4.78 is 9.73. The molecule has 0 aromatic heterocycles. The van der Waals surface area contributed by atoms with E-state index in [0.29, 0.717) is 0 Å². The molecule has 1 saturated heterocycles. The Bertz CT molecular complexity index is 283. The molecule has 0 aliphatic carbocycles. The Hall–Kier alpha value is -1.30. The average molecular weight is 231 g/mol. The van der Waals surface area contributed by atoms with E-state index in [2.05, 4.69) is 5.32 Å². The van der Waals surface area contributed by atoms with Crippen molar-refractivity contribution in [2.75, 3.05) is 13.2 Å². The molecule has 92 valence electrons. The minimum Gasteiger partial charge on any atom is -0.464 e. The average Bonchev–Trinajstić information content (AvgIpc) is 2.44. The molecule has 0 bridgehead atoms. The van der Waals surface area contributed by atoms with Gasteiger partial charge < -0.3 is 19.9 Å². The van der Waals surface area contributed by atoms with Crippen LogP contribution in [0.25, 0.3) is 0 Å². The second kappa shape index (κ2) is 4.69. The van der Waals surface area contributed by atoms with Crippen molar-refractivity contribution in [1.29, 1.82) is 0 Å². The highest BCUT2D eigenvalue weighted by molar-refractivity contribution is 5.83. The van der Waals surface area contributed by atoms with E-state index in [1.54, 1.807) is 20.8 Å². The summed E-state index contributed by atoms with van der Waals surface area (Å²) in [7, 11) is 0. The first-order valence-electron chi connectivity index (χ1n) is 5.10. The highest BCUT2D eigenvalue weighted by Crippen LogP contribution is 2.15. The molecule has 1 aliphatic heterocycles. The van der Waals surface area contributed by atoms with Crippen molar-refractivity contribution in [2.24, 2.45) is 5.92 Å².